The first kappa shape index (κ1) is 22.0. The fourth-order valence-electron chi connectivity index (χ4n) is 2.94. The van der Waals surface area contributed by atoms with Gasteiger partial charge in [0.25, 0.3) is 10.0 Å². The highest BCUT2D eigenvalue weighted by molar-refractivity contribution is 9.10. The van der Waals surface area contributed by atoms with Crippen LogP contribution in [0.1, 0.15) is 5.56 Å². The molecule has 0 saturated carbocycles. The Balaban J connectivity index is 2.05. The molecule has 0 aliphatic rings. The molecule has 0 radical (unpaired) electrons. The highest BCUT2D eigenvalue weighted by Gasteiger charge is 2.26. The molecule has 0 heterocycles. The number of anilines is 1. The Bertz CT molecular complexity index is 1100. The Hall–Kier alpha value is -2.71. The van der Waals surface area contributed by atoms with Crippen molar-refractivity contribution >= 4 is 31.6 Å². The number of rotatable bonds is 8. The molecule has 0 atom stereocenters. The molecule has 0 spiro atoms. The highest BCUT2D eigenvalue weighted by Crippen LogP contribution is 2.32. The van der Waals surface area contributed by atoms with Crippen LogP contribution in [0.5, 0.6) is 17.2 Å². The first-order valence-electron chi connectivity index (χ1n) is 9.02. The number of nitrogens with zero attached hydrogens (tertiary/aromatic N) is 1. The minimum Gasteiger partial charge on any atom is -0.497 e. The van der Waals surface area contributed by atoms with Crippen molar-refractivity contribution in [3.63, 3.8) is 0 Å². The van der Waals surface area contributed by atoms with Crippen molar-refractivity contribution in [2.45, 2.75) is 11.4 Å². The molecule has 3 aromatic carbocycles. The van der Waals surface area contributed by atoms with Crippen molar-refractivity contribution in [3.05, 3.63) is 76.8 Å². The highest BCUT2D eigenvalue weighted by atomic mass is 79.9. The molecule has 30 heavy (non-hydrogen) atoms. The predicted molar refractivity (Wildman–Crippen MR) is 120 cm³/mol. The van der Waals surface area contributed by atoms with E-state index in [1.807, 2.05) is 6.07 Å². The molecule has 0 bridgehead atoms. The Morgan fingerprint density at radius 1 is 0.800 bits per heavy atom. The standard InChI is InChI=1S/C22H22BrNO5S/c1-27-19-9-11-20(12-10-19)30(25,26)24(18-7-5-17(23)6-8-18)15-16-4-13-21(28-2)22(14-16)29-3/h4-14H,15H2,1-3H3. The van der Waals surface area contributed by atoms with Gasteiger partial charge in [-0.2, -0.15) is 0 Å². The number of benzene rings is 3. The third-order valence-electron chi connectivity index (χ3n) is 4.54. The van der Waals surface area contributed by atoms with Crippen molar-refractivity contribution in [3.8, 4) is 17.2 Å². The molecule has 158 valence electrons. The average Bonchev–Trinajstić information content (AvgIpc) is 2.78. The van der Waals surface area contributed by atoms with Crippen molar-refractivity contribution in [1.29, 1.82) is 0 Å². The lowest BCUT2D eigenvalue weighted by atomic mass is 10.2. The molecule has 0 aliphatic heterocycles. The minimum atomic E-state index is -3.83. The maximum Gasteiger partial charge on any atom is 0.264 e. The maximum absolute atomic E-state index is 13.5. The van der Waals surface area contributed by atoms with Crippen molar-refractivity contribution in [1.82, 2.24) is 0 Å². The first-order valence-corrected chi connectivity index (χ1v) is 11.3. The predicted octanol–water partition coefficient (Wildman–Crippen LogP) is 4.87. The number of hydrogen-bond acceptors (Lipinski definition) is 5. The van der Waals surface area contributed by atoms with Crippen LogP contribution in [0.2, 0.25) is 0 Å². The van der Waals surface area contributed by atoms with Gasteiger partial charge in [-0.1, -0.05) is 22.0 Å². The zero-order valence-corrected chi connectivity index (χ0v) is 19.2. The number of halogens is 1. The summed E-state index contributed by atoms with van der Waals surface area (Å²) in [5.74, 6) is 1.70. The van der Waals surface area contributed by atoms with E-state index in [2.05, 4.69) is 15.9 Å². The summed E-state index contributed by atoms with van der Waals surface area (Å²) in [5, 5.41) is 0. The van der Waals surface area contributed by atoms with Crippen LogP contribution < -0.4 is 18.5 Å². The number of sulfonamides is 1. The molecule has 3 aromatic rings. The Kier molecular flexibility index (Phi) is 6.89. The van der Waals surface area contributed by atoms with E-state index in [1.165, 1.54) is 23.5 Å². The van der Waals surface area contributed by atoms with Crippen molar-refractivity contribution in [2.75, 3.05) is 25.6 Å². The summed E-state index contributed by atoms with van der Waals surface area (Å²) in [6.45, 7) is 0.121. The van der Waals surface area contributed by atoms with E-state index < -0.39 is 10.0 Å². The molecule has 0 fully saturated rings. The van der Waals surface area contributed by atoms with Gasteiger partial charge in [-0.3, -0.25) is 4.31 Å². The number of ether oxygens (including phenoxy) is 3. The van der Waals surface area contributed by atoms with E-state index in [9.17, 15) is 8.42 Å². The summed E-state index contributed by atoms with van der Waals surface area (Å²) in [4.78, 5) is 0.173. The van der Waals surface area contributed by atoms with Crippen LogP contribution in [0.3, 0.4) is 0 Å². The monoisotopic (exact) mass is 491 g/mol. The lowest BCUT2D eigenvalue weighted by molar-refractivity contribution is 0.354. The smallest absolute Gasteiger partial charge is 0.264 e. The second kappa shape index (κ2) is 9.40. The van der Waals surface area contributed by atoms with Gasteiger partial charge in [-0.15, -0.1) is 0 Å². The van der Waals surface area contributed by atoms with E-state index in [4.69, 9.17) is 14.2 Å². The summed E-state index contributed by atoms with van der Waals surface area (Å²) in [6.07, 6.45) is 0. The molecule has 0 N–H and O–H groups in total. The van der Waals surface area contributed by atoms with Crippen LogP contribution in [-0.2, 0) is 16.6 Å². The molecule has 0 amide bonds. The van der Waals surface area contributed by atoms with Gasteiger partial charge >= 0.3 is 0 Å². The van der Waals surface area contributed by atoms with Crippen LogP contribution in [0.15, 0.2) is 76.1 Å². The molecule has 3 rings (SSSR count). The van der Waals surface area contributed by atoms with Crippen LogP contribution >= 0.6 is 15.9 Å². The third kappa shape index (κ3) is 4.71. The molecule has 0 saturated heterocycles. The van der Waals surface area contributed by atoms with Gasteiger partial charge in [-0.05, 0) is 66.2 Å². The lowest BCUT2D eigenvalue weighted by Gasteiger charge is -2.25. The normalized spacial score (nSPS) is 11.1. The van der Waals surface area contributed by atoms with E-state index in [-0.39, 0.29) is 11.4 Å². The zero-order valence-electron chi connectivity index (χ0n) is 16.8. The summed E-state index contributed by atoms with van der Waals surface area (Å²) in [6, 6.07) is 18.8. The Labute approximate surface area is 185 Å². The maximum atomic E-state index is 13.5. The van der Waals surface area contributed by atoms with Crippen LogP contribution in [0, 0.1) is 0 Å². The minimum absolute atomic E-state index is 0.121. The SMILES string of the molecule is COc1ccc(S(=O)(=O)N(Cc2ccc(OC)c(OC)c2)c2ccc(Br)cc2)cc1. The van der Waals surface area contributed by atoms with Gasteiger partial charge in [0.2, 0.25) is 0 Å². The fourth-order valence-corrected chi connectivity index (χ4v) is 4.66. The number of hydrogen-bond donors (Lipinski definition) is 0. The second-order valence-electron chi connectivity index (χ2n) is 6.35. The summed E-state index contributed by atoms with van der Waals surface area (Å²) < 4.78 is 45.0. The summed E-state index contributed by atoms with van der Waals surface area (Å²) >= 11 is 3.40. The number of methoxy groups -OCH3 is 3. The van der Waals surface area contributed by atoms with Gasteiger partial charge in [0.05, 0.1) is 38.5 Å². The third-order valence-corrected chi connectivity index (χ3v) is 6.85. The molecule has 0 unspecified atom stereocenters. The van der Waals surface area contributed by atoms with Crippen molar-refractivity contribution < 1.29 is 22.6 Å². The Morgan fingerprint density at radius 2 is 1.43 bits per heavy atom. The molecule has 6 nitrogen and oxygen atoms in total. The quantitative estimate of drug-likeness (QED) is 0.449. The lowest BCUT2D eigenvalue weighted by Crippen LogP contribution is -2.30. The molecular formula is C22H22BrNO5S. The fraction of sp³-hybridized carbons (Fsp3) is 0.182. The summed E-state index contributed by atoms with van der Waals surface area (Å²) in [5.41, 5.74) is 1.30. The average molecular weight is 492 g/mol. The zero-order chi connectivity index (χ0) is 21.7. The van der Waals surface area contributed by atoms with Gasteiger partial charge in [0, 0.05) is 4.47 Å². The van der Waals surface area contributed by atoms with Crippen LogP contribution in [0.25, 0.3) is 0 Å². The Morgan fingerprint density at radius 3 is 2.00 bits per heavy atom. The van der Waals surface area contributed by atoms with E-state index >= 15 is 0 Å². The van der Waals surface area contributed by atoms with E-state index in [0.29, 0.717) is 22.9 Å². The largest absolute Gasteiger partial charge is 0.497 e. The molecule has 8 heteroatoms. The first-order chi connectivity index (χ1) is 14.4. The summed E-state index contributed by atoms with van der Waals surface area (Å²) in [7, 11) is 0.801. The van der Waals surface area contributed by atoms with Crippen molar-refractivity contribution in [2.24, 2.45) is 0 Å². The van der Waals surface area contributed by atoms with Crippen LogP contribution in [0.4, 0.5) is 5.69 Å². The molecule has 0 aromatic heterocycles. The van der Waals surface area contributed by atoms with Gasteiger partial charge in [0.1, 0.15) is 5.75 Å². The van der Waals surface area contributed by atoms with Gasteiger partial charge in [-0.25, -0.2) is 8.42 Å². The van der Waals surface area contributed by atoms with Gasteiger partial charge in [0.15, 0.2) is 11.5 Å². The molecule has 0 aliphatic carbocycles. The van der Waals surface area contributed by atoms with Gasteiger partial charge < -0.3 is 14.2 Å². The molecular weight excluding hydrogens is 470 g/mol. The van der Waals surface area contributed by atoms with E-state index in [0.717, 1.165) is 10.0 Å². The van der Waals surface area contributed by atoms with Crippen LogP contribution in [-0.4, -0.2) is 29.7 Å². The second-order valence-corrected chi connectivity index (χ2v) is 9.13. The topological polar surface area (TPSA) is 65.1 Å². The van der Waals surface area contributed by atoms with E-state index in [1.54, 1.807) is 62.8 Å².